The van der Waals surface area contributed by atoms with Crippen LogP contribution in [0.25, 0.3) is 5.57 Å². The van der Waals surface area contributed by atoms with E-state index in [9.17, 15) is 9.59 Å². The fourth-order valence-corrected chi connectivity index (χ4v) is 3.33. The summed E-state index contributed by atoms with van der Waals surface area (Å²) in [4.78, 5) is 26.6. The maximum Gasteiger partial charge on any atom is 0.325 e. The van der Waals surface area contributed by atoms with Gasteiger partial charge in [0.1, 0.15) is 6.04 Å². The first kappa shape index (κ1) is 17.7. The predicted octanol–water partition coefficient (Wildman–Crippen LogP) is 4.24. The topological polar surface area (TPSA) is 49.4 Å². The highest BCUT2D eigenvalue weighted by atomic mass is 16.2. The molecule has 28 heavy (non-hydrogen) atoms. The Kier molecular flexibility index (Phi) is 5.02. The van der Waals surface area contributed by atoms with Crippen molar-refractivity contribution in [3.8, 4) is 0 Å². The lowest BCUT2D eigenvalue weighted by molar-refractivity contribution is -0.126. The highest BCUT2D eigenvalue weighted by Crippen LogP contribution is 2.25. The molecule has 0 bridgehead atoms. The molecule has 0 saturated carbocycles. The molecule has 4 heteroatoms. The lowest BCUT2D eigenvalue weighted by atomic mass is 9.96. The molecule has 1 fully saturated rings. The zero-order valence-electron chi connectivity index (χ0n) is 15.3. The Labute approximate surface area is 164 Å². The molecule has 1 aliphatic rings. The van der Waals surface area contributed by atoms with E-state index in [2.05, 4.69) is 5.32 Å². The van der Waals surface area contributed by atoms with Crippen molar-refractivity contribution in [2.24, 2.45) is 0 Å². The smallest absolute Gasteiger partial charge is 0.322 e. The summed E-state index contributed by atoms with van der Waals surface area (Å²) in [6.45, 7) is 0.266. The van der Waals surface area contributed by atoms with Gasteiger partial charge in [0, 0.05) is 0 Å². The van der Waals surface area contributed by atoms with E-state index in [1.54, 1.807) is 0 Å². The fourth-order valence-electron chi connectivity index (χ4n) is 3.33. The van der Waals surface area contributed by atoms with Gasteiger partial charge in [0.05, 0.1) is 6.54 Å². The van der Waals surface area contributed by atoms with E-state index < -0.39 is 6.04 Å². The molecule has 0 aromatic heterocycles. The second kappa shape index (κ2) is 7.92. The Hall–Kier alpha value is -3.66. The van der Waals surface area contributed by atoms with Crippen LogP contribution in [0.4, 0.5) is 4.79 Å². The highest BCUT2D eigenvalue weighted by Gasteiger charge is 2.37. The van der Waals surface area contributed by atoms with Crippen molar-refractivity contribution in [3.05, 3.63) is 114 Å². The van der Waals surface area contributed by atoms with Gasteiger partial charge in [-0.25, -0.2) is 4.79 Å². The van der Waals surface area contributed by atoms with Crippen LogP contribution in [-0.2, 0) is 11.3 Å². The molecule has 1 unspecified atom stereocenters. The quantitative estimate of drug-likeness (QED) is 0.685. The number of nitrogens with one attached hydrogen (secondary N) is 1. The Morgan fingerprint density at radius 2 is 1.29 bits per heavy atom. The molecule has 4 rings (SSSR count). The van der Waals surface area contributed by atoms with Gasteiger partial charge in [-0.2, -0.15) is 0 Å². The maximum absolute atomic E-state index is 12.9. The molecule has 3 amide bonds. The van der Waals surface area contributed by atoms with Crippen molar-refractivity contribution in [2.45, 2.75) is 12.6 Å². The predicted molar refractivity (Wildman–Crippen MR) is 109 cm³/mol. The average molecular weight is 368 g/mol. The van der Waals surface area contributed by atoms with Gasteiger partial charge < -0.3 is 5.32 Å². The molecule has 1 atom stereocenters. The molecule has 1 N–H and O–H groups in total. The van der Waals surface area contributed by atoms with Crippen LogP contribution in [0.2, 0.25) is 0 Å². The number of rotatable bonds is 5. The number of carbonyl (C=O) groups excluding carboxylic acids is 2. The fraction of sp³-hybridized carbons (Fsp3) is 0.0833. The third-order valence-electron chi connectivity index (χ3n) is 4.74. The minimum Gasteiger partial charge on any atom is -0.322 e. The number of imide groups is 1. The molecule has 1 heterocycles. The van der Waals surface area contributed by atoms with Gasteiger partial charge >= 0.3 is 6.03 Å². The van der Waals surface area contributed by atoms with Crippen LogP contribution in [0.1, 0.15) is 16.7 Å². The number of amides is 3. The van der Waals surface area contributed by atoms with Gasteiger partial charge in [0.25, 0.3) is 5.91 Å². The number of hydrogen-bond acceptors (Lipinski definition) is 2. The second-order valence-corrected chi connectivity index (χ2v) is 6.65. The standard InChI is InChI=1S/C24H20N2O2/c27-23-22(25-24(28)26(23)17-18-10-4-1-5-11-18)16-21(19-12-6-2-7-13-19)20-14-8-3-9-15-20/h1-16,22H,17H2,(H,25,28). The van der Waals surface area contributed by atoms with Crippen LogP contribution >= 0.6 is 0 Å². The summed E-state index contributed by atoms with van der Waals surface area (Å²) in [6, 6.07) is 28.2. The summed E-state index contributed by atoms with van der Waals surface area (Å²) in [5.74, 6) is -0.238. The molecular formula is C24H20N2O2. The van der Waals surface area contributed by atoms with Crippen molar-refractivity contribution >= 4 is 17.5 Å². The molecule has 3 aromatic rings. The zero-order chi connectivity index (χ0) is 19.3. The summed E-state index contributed by atoms with van der Waals surface area (Å²) < 4.78 is 0. The molecule has 138 valence electrons. The third kappa shape index (κ3) is 3.71. The summed E-state index contributed by atoms with van der Waals surface area (Å²) in [5, 5.41) is 2.81. The van der Waals surface area contributed by atoms with E-state index in [-0.39, 0.29) is 18.5 Å². The molecule has 1 aliphatic heterocycles. The minimum atomic E-state index is -0.688. The van der Waals surface area contributed by atoms with Crippen LogP contribution in [0.15, 0.2) is 97.1 Å². The molecule has 3 aromatic carbocycles. The summed E-state index contributed by atoms with van der Waals surface area (Å²) in [6.07, 6.45) is 1.84. The van der Waals surface area contributed by atoms with Crippen LogP contribution < -0.4 is 5.32 Å². The van der Waals surface area contributed by atoms with Gasteiger partial charge in [0.15, 0.2) is 0 Å². The van der Waals surface area contributed by atoms with E-state index in [4.69, 9.17) is 0 Å². The average Bonchev–Trinajstić information content (AvgIpc) is 3.01. The van der Waals surface area contributed by atoms with E-state index in [0.29, 0.717) is 0 Å². The third-order valence-corrected chi connectivity index (χ3v) is 4.74. The van der Waals surface area contributed by atoms with Crippen LogP contribution in [0.3, 0.4) is 0 Å². The SMILES string of the molecule is O=C1NC(C=C(c2ccccc2)c2ccccc2)C(=O)N1Cc1ccccc1. The maximum atomic E-state index is 12.9. The Morgan fingerprint density at radius 1 is 0.786 bits per heavy atom. The van der Waals surface area contributed by atoms with Gasteiger partial charge in [-0.15, -0.1) is 0 Å². The molecule has 4 nitrogen and oxygen atoms in total. The lowest BCUT2D eigenvalue weighted by Crippen LogP contribution is -2.30. The van der Waals surface area contributed by atoms with E-state index >= 15 is 0 Å². The first-order chi connectivity index (χ1) is 13.7. The molecule has 1 saturated heterocycles. The number of carbonyl (C=O) groups is 2. The number of benzene rings is 3. The Morgan fingerprint density at radius 3 is 1.82 bits per heavy atom. The summed E-state index contributed by atoms with van der Waals surface area (Å²) in [5.41, 5.74) is 3.83. The molecule has 0 radical (unpaired) electrons. The van der Waals surface area contributed by atoms with Gasteiger partial charge in [-0.3, -0.25) is 9.69 Å². The van der Waals surface area contributed by atoms with Gasteiger partial charge in [-0.05, 0) is 28.3 Å². The highest BCUT2D eigenvalue weighted by molar-refractivity contribution is 6.06. The molecule has 0 aliphatic carbocycles. The van der Waals surface area contributed by atoms with E-state index in [1.165, 1.54) is 4.90 Å². The van der Waals surface area contributed by atoms with Crippen LogP contribution in [0.5, 0.6) is 0 Å². The zero-order valence-corrected chi connectivity index (χ0v) is 15.3. The summed E-state index contributed by atoms with van der Waals surface area (Å²) in [7, 11) is 0. The lowest BCUT2D eigenvalue weighted by Gasteiger charge is -2.13. The van der Waals surface area contributed by atoms with E-state index in [0.717, 1.165) is 22.3 Å². The number of nitrogens with zero attached hydrogens (tertiary/aromatic N) is 1. The number of urea groups is 1. The minimum absolute atomic E-state index is 0.238. The molecule has 0 spiro atoms. The van der Waals surface area contributed by atoms with Crippen molar-refractivity contribution in [1.29, 1.82) is 0 Å². The number of hydrogen-bond donors (Lipinski definition) is 1. The van der Waals surface area contributed by atoms with Crippen LogP contribution in [-0.4, -0.2) is 22.9 Å². The van der Waals surface area contributed by atoms with Crippen molar-refractivity contribution in [1.82, 2.24) is 10.2 Å². The van der Waals surface area contributed by atoms with Gasteiger partial charge in [-0.1, -0.05) is 91.0 Å². The normalized spacial score (nSPS) is 16.0. The molecular weight excluding hydrogens is 348 g/mol. The van der Waals surface area contributed by atoms with Crippen molar-refractivity contribution < 1.29 is 9.59 Å². The first-order valence-corrected chi connectivity index (χ1v) is 9.21. The van der Waals surface area contributed by atoms with Crippen molar-refractivity contribution in [3.63, 3.8) is 0 Å². The van der Waals surface area contributed by atoms with Crippen LogP contribution in [0, 0.1) is 0 Å². The monoisotopic (exact) mass is 368 g/mol. The van der Waals surface area contributed by atoms with Crippen molar-refractivity contribution in [2.75, 3.05) is 0 Å². The summed E-state index contributed by atoms with van der Waals surface area (Å²) >= 11 is 0. The Balaban J connectivity index is 1.65. The largest absolute Gasteiger partial charge is 0.325 e. The first-order valence-electron chi connectivity index (χ1n) is 9.21. The van der Waals surface area contributed by atoms with E-state index in [1.807, 2.05) is 97.1 Å². The Bertz CT molecular complexity index is 957. The second-order valence-electron chi connectivity index (χ2n) is 6.65. The van der Waals surface area contributed by atoms with Gasteiger partial charge in [0.2, 0.25) is 0 Å².